The largest absolute Gasteiger partial charge is 0.473 e. The van der Waals surface area contributed by atoms with Gasteiger partial charge in [-0.15, -0.1) is 0 Å². The van der Waals surface area contributed by atoms with Crippen LogP contribution in [0, 0.1) is 0 Å². The molecule has 2 N–H and O–H groups in total. The third-order valence-corrected chi connectivity index (χ3v) is 5.47. The van der Waals surface area contributed by atoms with Crippen molar-refractivity contribution in [3.63, 3.8) is 0 Å². The first-order valence-corrected chi connectivity index (χ1v) is 10.8. The first kappa shape index (κ1) is 20.6. The van der Waals surface area contributed by atoms with Gasteiger partial charge in [-0.3, -0.25) is 4.90 Å². The van der Waals surface area contributed by atoms with E-state index in [2.05, 4.69) is 26.6 Å². The molecular weight excluding hydrogens is 352 g/mol. The molecule has 1 aliphatic carbocycles. The zero-order valence-electron chi connectivity index (χ0n) is 16.9. The number of piperidine rings is 1. The third kappa shape index (κ3) is 7.50. The number of likely N-dealkylation sites (tertiary alicyclic amines) is 1. The van der Waals surface area contributed by atoms with E-state index in [1.54, 1.807) is 0 Å². The SMILES string of the molecule is O=C(NCC=CCOc1cc(CN2CCCCC2)ccn1)NC1CCCCC1. The van der Waals surface area contributed by atoms with E-state index >= 15 is 0 Å². The fourth-order valence-electron chi connectivity index (χ4n) is 3.92. The zero-order valence-corrected chi connectivity index (χ0v) is 16.9. The molecule has 0 spiro atoms. The maximum absolute atomic E-state index is 11.9. The van der Waals surface area contributed by atoms with Crippen LogP contribution in [0.4, 0.5) is 4.79 Å². The highest BCUT2D eigenvalue weighted by Crippen LogP contribution is 2.17. The lowest BCUT2D eigenvalue weighted by atomic mass is 9.96. The van der Waals surface area contributed by atoms with E-state index in [0.717, 1.165) is 19.4 Å². The van der Waals surface area contributed by atoms with E-state index in [1.165, 1.54) is 57.2 Å². The van der Waals surface area contributed by atoms with Gasteiger partial charge in [0.05, 0.1) is 0 Å². The van der Waals surface area contributed by atoms with Crippen LogP contribution in [0.15, 0.2) is 30.5 Å². The van der Waals surface area contributed by atoms with Crippen LogP contribution >= 0.6 is 0 Å². The summed E-state index contributed by atoms with van der Waals surface area (Å²) in [5.41, 5.74) is 1.25. The summed E-state index contributed by atoms with van der Waals surface area (Å²) < 4.78 is 5.72. The number of nitrogens with zero attached hydrogens (tertiary/aromatic N) is 2. The zero-order chi connectivity index (χ0) is 19.4. The molecule has 0 atom stereocenters. The first-order valence-electron chi connectivity index (χ1n) is 10.8. The van der Waals surface area contributed by atoms with E-state index in [0.29, 0.717) is 25.1 Å². The molecule has 2 aliphatic rings. The normalized spacial score (nSPS) is 18.9. The van der Waals surface area contributed by atoms with Gasteiger partial charge < -0.3 is 15.4 Å². The average molecular weight is 387 g/mol. The standard InChI is InChI=1S/C22H34N4O2/c27-22(25-20-9-3-1-4-10-20)24-12-5-8-16-28-21-17-19(11-13-23-21)18-26-14-6-2-7-15-26/h5,8,11,13,17,20H,1-4,6-7,9-10,12,14-16,18H2,(H2,24,25,27). The maximum Gasteiger partial charge on any atom is 0.315 e. The Labute approximate surface area is 168 Å². The van der Waals surface area contributed by atoms with Crippen molar-refractivity contribution < 1.29 is 9.53 Å². The summed E-state index contributed by atoms with van der Waals surface area (Å²) in [7, 11) is 0. The number of aromatic nitrogens is 1. The molecule has 2 heterocycles. The Hall–Kier alpha value is -2.08. The fourth-order valence-corrected chi connectivity index (χ4v) is 3.92. The minimum absolute atomic E-state index is 0.0791. The van der Waals surface area contributed by atoms with Crippen LogP contribution in [-0.4, -0.2) is 48.2 Å². The molecule has 3 rings (SSSR count). The molecule has 28 heavy (non-hydrogen) atoms. The summed E-state index contributed by atoms with van der Waals surface area (Å²) in [4.78, 5) is 18.6. The second-order valence-electron chi connectivity index (χ2n) is 7.81. The molecule has 6 heteroatoms. The number of hydrogen-bond acceptors (Lipinski definition) is 4. The lowest BCUT2D eigenvalue weighted by Crippen LogP contribution is -2.42. The van der Waals surface area contributed by atoms with Gasteiger partial charge in [0.2, 0.25) is 5.88 Å². The smallest absolute Gasteiger partial charge is 0.315 e. The van der Waals surface area contributed by atoms with Crippen molar-refractivity contribution in [2.24, 2.45) is 0 Å². The number of carbonyl (C=O) groups is 1. The molecule has 0 unspecified atom stereocenters. The molecule has 0 radical (unpaired) electrons. The molecule has 1 aromatic heterocycles. The van der Waals surface area contributed by atoms with Gasteiger partial charge in [0.15, 0.2) is 0 Å². The lowest BCUT2D eigenvalue weighted by molar-refractivity contribution is 0.220. The number of urea groups is 1. The Kier molecular flexibility index (Phi) is 8.62. The summed E-state index contributed by atoms with van der Waals surface area (Å²) in [6.45, 7) is 4.29. The van der Waals surface area contributed by atoms with Crippen molar-refractivity contribution in [1.29, 1.82) is 0 Å². The highest BCUT2D eigenvalue weighted by molar-refractivity contribution is 5.74. The predicted molar refractivity (Wildman–Crippen MR) is 111 cm³/mol. The Balaban J connectivity index is 1.30. The number of hydrogen-bond donors (Lipinski definition) is 2. The number of ether oxygens (including phenoxy) is 1. The fraction of sp³-hybridized carbons (Fsp3) is 0.636. The van der Waals surface area contributed by atoms with Gasteiger partial charge >= 0.3 is 6.03 Å². The quantitative estimate of drug-likeness (QED) is 0.670. The van der Waals surface area contributed by atoms with E-state index in [-0.39, 0.29) is 6.03 Å². The molecule has 0 bridgehead atoms. The molecule has 1 saturated carbocycles. The summed E-state index contributed by atoms with van der Waals surface area (Å²) in [6, 6.07) is 4.35. The Morgan fingerprint density at radius 3 is 2.75 bits per heavy atom. The summed E-state index contributed by atoms with van der Waals surface area (Å²) in [6.07, 6.45) is 15.5. The topological polar surface area (TPSA) is 66.5 Å². The summed E-state index contributed by atoms with van der Waals surface area (Å²) in [5.74, 6) is 0.655. The number of carbonyl (C=O) groups excluding carboxylic acids is 1. The molecule has 2 amide bonds. The van der Waals surface area contributed by atoms with Crippen molar-refractivity contribution in [3.8, 4) is 5.88 Å². The van der Waals surface area contributed by atoms with Gasteiger partial charge in [-0.25, -0.2) is 9.78 Å². The molecule has 154 valence electrons. The number of amides is 2. The molecule has 1 saturated heterocycles. The number of pyridine rings is 1. The lowest BCUT2D eigenvalue weighted by Gasteiger charge is -2.26. The van der Waals surface area contributed by atoms with Crippen LogP contribution in [0.5, 0.6) is 5.88 Å². The summed E-state index contributed by atoms with van der Waals surface area (Å²) >= 11 is 0. The van der Waals surface area contributed by atoms with Gasteiger partial charge in [0, 0.05) is 31.4 Å². The van der Waals surface area contributed by atoms with Gasteiger partial charge in [-0.1, -0.05) is 31.8 Å². The van der Waals surface area contributed by atoms with Gasteiger partial charge in [0.1, 0.15) is 6.61 Å². The monoisotopic (exact) mass is 386 g/mol. The van der Waals surface area contributed by atoms with Crippen LogP contribution in [0.2, 0.25) is 0 Å². The molecule has 6 nitrogen and oxygen atoms in total. The second-order valence-corrected chi connectivity index (χ2v) is 7.81. The van der Waals surface area contributed by atoms with Gasteiger partial charge in [0.25, 0.3) is 0 Å². The molecule has 0 aromatic carbocycles. The highest BCUT2D eigenvalue weighted by Gasteiger charge is 2.14. The van der Waals surface area contributed by atoms with Crippen molar-refractivity contribution in [3.05, 3.63) is 36.0 Å². The van der Waals surface area contributed by atoms with Gasteiger partial charge in [-0.05, 0) is 56.5 Å². The van der Waals surface area contributed by atoms with E-state index in [1.807, 2.05) is 24.4 Å². The molecule has 1 aliphatic heterocycles. The van der Waals surface area contributed by atoms with E-state index < -0.39 is 0 Å². The Bertz CT molecular complexity index is 623. The van der Waals surface area contributed by atoms with E-state index in [4.69, 9.17) is 4.74 Å². The minimum Gasteiger partial charge on any atom is -0.473 e. The van der Waals surface area contributed by atoms with Crippen LogP contribution in [0.25, 0.3) is 0 Å². The van der Waals surface area contributed by atoms with Crippen molar-refractivity contribution in [2.75, 3.05) is 26.2 Å². The summed E-state index contributed by atoms with van der Waals surface area (Å²) in [5, 5.41) is 5.92. The Morgan fingerprint density at radius 2 is 1.93 bits per heavy atom. The van der Waals surface area contributed by atoms with Crippen molar-refractivity contribution >= 4 is 6.03 Å². The highest BCUT2D eigenvalue weighted by atomic mass is 16.5. The number of rotatable bonds is 8. The van der Waals surface area contributed by atoms with Crippen LogP contribution in [0.1, 0.15) is 56.9 Å². The number of nitrogens with one attached hydrogen (secondary N) is 2. The van der Waals surface area contributed by atoms with Crippen LogP contribution in [-0.2, 0) is 6.54 Å². The molecule has 1 aromatic rings. The third-order valence-electron chi connectivity index (χ3n) is 5.47. The predicted octanol–water partition coefficient (Wildman–Crippen LogP) is 3.63. The molecular formula is C22H34N4O2. The first-order chi connectivity index (χ1) is 13.8. The Morgan fingerprint density at radius 1 is 1.14 bits per heavy atom. The van der Waals surface area contributed by atoms with Crippen LogP contribution in [0.3, 0.4) is 0 Å². The van der Waals surface area contributed by atoms with Crippen molar-refractivity contribution in [1.82, 2.24) is 20.5 Å². The second kappa shape index (κ2) is 11.7. The average Bonchev–Trinajstić information content (AvgIpc) is 2.72. The van der Waals surface area contributed by atoms with Gasteiger partial charge in [-0.2, -0.15) is 0 Å². The minimum atomic E-state index is -0.0791. The molecule has 2 fully saturated rings. The van der Waals surface area contributed by atoms with Crippen molar-refractivity contribution in [2.45, 2.75) is 64.0 Å². The van der Waals surface area contributed by atoms with Crippen LogP contribution < -0.4 is 15.4 Å². The van der Waals surface area contributed by atoms with E-state index in [9.17, 15) is 4.79 Å². The maximum atomic E-state index is 11.9.